The highest BCUT2D eigenvalue weighted by atomic mass is 127. The number of halogens is 1. The van der Waals surface area contributed by atoms with E-state index in [1.807, 2.05) is 44.2 Å². The fourth-order valence-corrected chi connectivity index (χ4v) is 6.98. The second-order valence-electron chi connectivity index (χ2n) is 12.3. The molecule has 0 atom stereocenters. The standard InChI is InChI=1S/C38H31IN4O/c1-20-7-9-24(10-8-20)33-26-12-11-25(40-26)19-31-38(5,6)37(44)36(43-31)35(39)30-16-15-29(42-30)34(28-14-13-27(33)41-28)32-22(3)17-21(2)18-23(32)4/h7-19H,1-6H3. The molecule has 216 valence electrons. The van der Waals surface area contributed by atoms with E-state index in [0.29, 0.717) is 11.4 Å². The highest BCUT2D eigenvalue weighted by Gasteiger charge is 2.42. The summed E-state index contributed by atoms with van der Waals surface area (Å²) in [5.74, 6) is -0.0166. The molecule has 2 aromatic rings. The zero-order valence-corrected chi connectivity index (χ0v) is 27.7. The molecule has 0 fully saturated rings. The third-order valence-electron chi connectivity index (χ3n) is 8.61. The van der Waals surface area contributed by atoms with Gasteiger partial charge in [0.25, 0.3) is 0 Å². The van der Waals surface area contributed by atoms with E-state index in [2.05, 4.69) is 98.8 Å². The molecule has 0 spiro atoms. The lowest BCUT2D eigenvalue weighted by Crippen LogP contribution is -2.27. The Morgan fingerprint density at radius 3 is 1.95 bits per heavy atom. The van der Waals surface area contributed by atoms with Gasteiger partial charge in [0.05, 0.1) is 48.9 Å². The molecular formula is C38H31IN4O. The van der Waals surface area contributed by atoms with Gasteiger partial charge in [0.2, 0.25) is 0 Å². The average Bonchev–Trinajstić information content (AvgIpc) is 3.77. The van der Waals surface area contributed by atoms with Crippen molar-refractivity contribution >= 4 is 62.4 Å². The van der Waals surface area contributed by atoms with Crippen LogP contribution >= 0.6 is 22.6 Å². The zero-order chi connectivity index (χ0) is 30.9. The lowest BCUT2D eigenvalue weighted by atomic mass is 9.83. The highest BCUT2D eigenvalue weighted by molar-refractivity contribution is 14.1. The Morgan fingerprint density at radius 2 is 1.25 bits per heavy atom. The minimum absolute atomic E-state index is 0.0166. The topological polar surface area (TPSA) is 66.5 Å². The van der Waals surface area contributed by atoms with Gasteiger partial charge in [-0.15, -0.1) is 0 Å². The summed E-state index contributed by atoms with van der Waals surface area (Å²) in [6.07, 6.45) is 14.1. The first kappa shape index (κ1) is 28.5. The van der Waals surface area contributed by atoms with Gasteiger partial charge >= 0.3 is 0 Å². The Morgan fingerprint density at radius 1 is 0.659 bits per heavy atom. The molecule has 7 rings (SSSR count). The van der Waals surface area contributed by atoms with Gasteiger partial charge in [-0.3, -0.25) is 4.79 Å². The van der Waals surface area contributed by atoms with Crippen LogP contribution in [0.25, 0.3) is 11.1 Å². The van der Waals surface area contributed by atoms with Gasteiger partial charge in [-0.2, -0.15) is 0 Å². The molecule has 0 saturated carbocycles. The van der Waals surface area contributed by atoms with Gasteiger partial charge in [0.1, 0.15) is 5.70 Å². The minimum atomic E-state index is -0.785. The van der Waals surface area contributed by atoms with Gasteiger partial charge in [-0.05, 0) is 129 Å². The van der Waals surface area contributed by atoms with Gasteiger partial charge in [0, 0.05) is 11.1 Å². The van der Waals surface area contributed by atoms with Crippen molar-refractivity contribution in [3.05, 3.63) is 139 Å². The first-order valence-corrected chi connectivity index (χ1v) is 15.8. The summed E-state index contributed by atoms with van der Waals surface area (Å²) in [7, 11) is 0. The fraction of sp³-hybridized carbons (Fsp3) is 0.184. The van der Waals surface area contributed by atoms with Gasteiger partial charge in [-0.25, -0.2) is 20.0 Å². The third kappa shape index (κ3) is 4.63. The van der Waals surface area contributed by atoms with E-state index in [4.69, 9.17) is 20.0 Å². The normalized spacial score (nSPS) is 20.1. The quantitative estimate of drug-likeness (QED) is 0.292. The number of aryl methyl sites for hydroxylation is 4. The number of Topliss-reactive ketones (excluding diaryl/α,β-unsaturated/α-hetero) is 1. The number of fused-ring (bicyclic) bond motifs is 4. The van der Waals surface area contributed by atoms with Crippen LogP contribution < -0.4 is 0 Å². The molecule has 5 aliphatic rings. The highest BCUT2D eigenvalue weighted by Crippen LogP contribution is 2.40. The molecule has 2 aromatic carbocycles. The van der Waals surface area contributed by atoms with Crippen LogP contribution in [0.1, 0.15) is 47.2 Å². The molecule has 0 N–H and O–H groups in total. The number of aliphatic imine (C=N–C) groups is 4. The fourth-order valence-electron chi connectivity index (χ4n) is 6.32. The Bertz CT molecular complexity index is 2040. The van der Waals surface area contributed by atoms with Crippen LogP contribution in [0, 0.1) is 33.1 Å². The van der Waals surface area contributed by atoms with Crippen molar-refractivity contribution in [3.63, 3.8) is 0 Å². The summed E-state index contributed by atoms with van der Waals surface area (Å²) in [5.41, 5.74) is 14.0. The van der Waals surface area contributed by atoms with Crippen LogP contribution in [0.2, 0.25) is 0 Å². The van der Waals surface area contributed by atoms with Crippen LogP contribution in [0.4, 0.5) is 0 Å². The molecule has 5 aliphatic heterocycles. The number of ketones is 1. The average molecular weight is 687 g/mol. The van der Waals surface area contributed by atoms with E-state index in [1.165, 1.54) is 11.1 Å². The molecule has 6 heteroatoms. The van der Waals surface area contributed by atoms with E-state index in [-0.39, 0.29) is 5.78 Å². The van der Waals surface area contributed by atoms with Gasteiger partial charge in [-0.1, -0.05) is 47.5 Å². The Labute approximate surface area is 271 Å². The number of nitrogens with zero attached hydrogens (tertiary/aromatic N) is 4. The maximum absolute atomic E-state index is 13.7. The smallest absolute Gasteiger partial charge is 0.193 e. The van der Waals surface area contributed by atoms with E-state index < -0.39 is 5.41 Å². The zero-order valence-electron chi connectivity index (χ0n) is 25.6. The predicted molar refractivity (Wildman–Crippen MR) is 191 cm³/mol. The van der Waals surface area contributed by atoms with Crippen LogP contribution in [0.3, 0.4) is 0 Å². The number of allylic oxidation sites excluding steroid dienone is 11. The molecule has 0 aromatic heterocycles. The van der Waals surface area contributed by atoms with Crippen molar-refractivity contribution in [1.29, 1.82) is 0 Å². The SMILES string of the molecule is Cc1ccc(C2=C3C=CC(=N3)C(c3c(C)cc(C)cc3C)=C3C=CC(=N3)C(I)=C3N=C(C=C4C=CC2=N4)C(C)(C)C3=O)cc1. The summed E-state index contributed by atoms with van der Waals surface area (Å²) in [4.78, 5) is 34.1. The lowest BCUT2D eigenvalue weighted by Gasteiger charge is -2.16. The van der Waals surface area contributed by atoms with E-state index in [1.54, 1.807) is 0 Å². The van der Waals surface area contributed by atoms with Crippen LogP contribution in [0.5, 0.6) is 0 Å². The number of hydrogen-bond donors (Lipinski definition) is 0. The van der Waals surface area contributed by atoms with Crippen molar-refractivity contribution in [2.45, 2.75) is 41.5 Å². The van der Waals surface area contributed by atoms with E-state index in [0.717, 1.165) is 71.2 Å². The largest absolute Gasteiger partial charge is 0.291 e. The molecule has 5 nitrogen and oxygen atoms in total. The number of carbonyl (C=O) groups is 1. The first-order chi connectivity index (χ1) is 21.0. The molecule has 0 unspecified atom stereocenters. The number of rotatable bonds is 2. The Balaban J connectivity index is 1.56. The molecule has 8 bridgehead atoms. The van der Waals surface area contributed by atoms with Crippen molar-refractivity contribution in [2.24, 2.45) is 25.4 Å². The number of hydrogen-bond acceptors (Lipinski definition) is 5. The third-order valence-corrected chi connectivity index (χ3v) is 9.67. The first-order valence-electron chi connectivity index (χ1n) is 14.7. The summed E-state index contributed by atoms with van der Waals surface area (Å²) >= 11 is 2.22. The maximum Gasteiger partial charge on any atom is 0.193 e. The van der Waals surface area contributed by atoms with E-state index >= 15 is 0 Å². The molecule has 0 saturated heterocycles. The van der Waals surface area contributed by atoms with Crippen molar-refractivity contribution in [2.75, 3.05) is 0 Å². The predicted octanol–water partition coefficient (Wildman–Crippen LogP) is 8.67. The monoisotopic (exact) mass is 686 g/mol. The van der Waals surface area contributed by atoms with Crippen molar-refractivity contribution < 1.29 is 4.79 Å². The van der Waals surface area contributed by atoms with Crippen molar-refractivity contribution in [1.82, 2.24) is 0 Å². The summed E-state index contributed by atoms with van der Waals surface area (Å²) < 4.78 is 0.737. The summed E-state index contributed by atoms with van der Waals surface area (Å²) in [5, 5.41) is 0. The number of benzene rings is 2. The van der Waals surface area contributed by atoms with Crippen molar-refractivity contribution in [3.8, 4) is 0 Å². The van der Waals surface area contributed by atoms with Crippen LogP contribution in [0.15, 0.2) is 125 Å². The minimum Gasteiger partial charge on any atom is -0.291 e. The summed E-state index contributed by atoms with van der Waals surface area (Å²) in [6.45, 7) is 12.4. The van der Waals surface area contributed by atoms with E-state index in [9.17, 15) is 4.79 Å². The van der Waals surface area contributed by atoms with Crippen LogP contribution in [-0.4, -0.2) is 28.6 Å². The Kier molecular flexibility index (Phi) is 6.73. The Hall–Kier alpha value is -4.30. The second-order valence-corrected chi connectivity index (χ2v) is 13.4. The molecule has 0 radical (unpaired) electrons. The number of carbonyl (C=O) groups excluding carboxylic acids is 1. The molecule has 44 heavy (non-hydrogen) atoms. The van der Waals surface area contributed by atoms with Crippen LogP contribution in [-0.2, 0) is 4.79 Å². The maximum atomic E-state index is 13.7. The molecule has 5 heterocycles. The van der Waals surface area contributed by atoms with Gasteiger partial charge < -0.3 is 0 Å². The van der Waals surface area contributed by atoms with Gasteiger partial charge in [0.15, 0.2) is 5.78 Å². The summed E-state index contributed by atoms with van der Waals surface area (Å²) in [6, 6.07) is 12.9. The lowest BCUT2D eigenvalue weighted by molar-refractivity contribution is -0.119. The second kappa shape index (κ2) is 10.4. The molecular weight excluding hydrogens is 655 g/mol. The molecule has 0 aliphatic carbocycles. The molecule has 0 amide bonds.